The first-order chi connectivity index (χ1) is 9.22. The SMILES string of the molecule is CCCOc1cccnc1N1CCC(C(C)O)CC1. The molecule has 19 heavy (non-hydrogen) atoms. The third kappa shape index (κ3) is 3.60. The summed E-state index contributed by atoms with van der Waals surface area (Å²) in [6, 6.07) is 3.90. The maximum atomic E-state index is 9.65. The normalized spacial score (nSPS) is 18.4. The van der Waals surface area contributed by atoms with Crippen molar-refractivity contribution in [3.63, 3.8) is 0 Å². The second kappa shape index (κ2) is 6.75. The van der Waals surface area contributed by atoms with Gasteiger partial charge in [-0.25, -0.2) is 4.98 Å². The van der Waals surface area contributed by atoms with Gasteiger partial charge in [0.15, 0.2) is 11.6 Å². The minimum Gasteiger partial charge on any atom is -0.490 e. The number of nitrogens with zero attached hydrogens (tertiary/aromatic N) is 2. The fourth-order valence-electron chi connectivity index (χ4n) is 2.54. The Morgan fingerprint density at radius 1 is 1.47 bits per heavy atom. The summed E-state index contributed by atoms with van der Waals surface area (Å²) in [7, 11) is 0. The van der Waals surface area contributed by atoms with Gasteiger partial charge in [0.1, 0.15) is 0 Å². The predicted molar refractivity (Wildman–Crippen MR) is 76.6 cm³/mol. The zero-order chi connectivity index (χ0) is 13.7. The molecule has 0 radical (unpaired) electrons. The first kappa shape index (κ1) is 14.1. The Hall–Kier alpha value is -1.29. The van der Waals surface area contributed by atoms with E-state index in [1.807, 2.05) is 25.3 Å². The summed E-state index contributed by atoms with van der Waals surface area (Å²) in [5.41, 5.74) is 0. The van der Waals surface area contributed by atoms with Crippen LogP contribution in [0, 0.1) is 5.92 Å². The monoisotopic (exact) mass is 264 g/mol. The summed E-state index contributed by atoms with van der Waals surface area (Å²) in [6.45, 7) is 6.59. The highest BCUT2D eigenvalue weighted by Gasteiger charge is 2.24. The maximum Gasteiger partial charge on any atom is 0.171 e. The fraction of sp³-hybridized carbons (Fsp3) is 0.667. The fourth-order valence-corrected chi connectivity index (χ4v) is 2.54. The second-order valence-electron chi connectivity index (χ2n) is 5.24. The van der Waals surface area contributed by atoms with E-state index in [1.54, 1.807) is 0 Å². The van der Waals surface area contributed by atoms with Crippen LogP contribution in [0.1, 0.15) is 33.1 Å². The van der Waals surface area contributed by atoms with Crippen LogP contribution in [0.3, 0.4) is 0 Å². The highest BCUT2D eigenvalue weighted by atomic mass is 16.5. The van der Waals surface area contributed by atoms with E-state index in [-0.39, 0.29) is 6.10 Å². The molecular weight excluding hydrogens is 240 g/mol. The number of pyridine rings is 1. The van der Waals surface area contributed by atoms with Gasteiger partial charge in [-0.05, 0) is 44.2 Å². The highest BCUT2D eigenvalue weighted by molar-refractivity contribution is 5.52. The number of piperidine rings is 1. The molecule has 4 heteroatoms. The molecule has 0 aromatic carbocycles. The van der Waals surface area contributed by atoms with Gasteiger partial charge in [0, 0.05) is 19.3 Å². The Kier molecular flexibility index (Phi) is 5.02. The third-order valence-electron chi connectivity index (χ3n) is 3.73. The van der Waals surface area contributed by atoms with Crippen LogP contribution in [0.2, 0.25) is 0 Å². The van der Waals surface area contributed by atoms with Crippen LogP contribution in [0.25, 0.3) is 0 Å². The Morgan fingerprint density at radius 3 is 2.84 bits per heavy atom. The number of hydrogen-bond donors (Lipinski definition) is 1. The van der Waals surface area contributed by atoms with Crippen molar-refractivity contribution in [1.82, 2.24) is 4.98 Å². The van der Waals surface area contributed by atoms with Crippen LogP contribution in [0.4, 0.5) is 5.82 Å². The molecule has 0 spiro atoms. The summed E-state index contributed by atoms with van der Waals surface area (Å²) in [5.74, 6) is 2.24. The molecule has 0 bridgehead atoms. The van der Waals surface area contributed by atoms with Gasteiger partial charge in [-0.15, -0.1) is 0 Å². The number of hydrogen-bond acceptors (Lipinski definition) is 4. The van der Waals surface area contributed by atoms with Gasteiger partial charge >= 0.3 is 0 Å². The molecule has 1 atom stereocenters. The minimum atomic E-state index is -0.207. The van der Waals surface area contributed by atoms with E-state index in [9.17, 15) is 5.11 Å². The molecule has 4 nitrogen and oxygen atoms in total. The van der Waals surface area contributed by atoms with Crippen molar-refractivity contribution in [2.45, 2.75) is 39.2 Å². The molecule has 106 valence electrons. The van der Waals surface area contributed by atoms with E-state index in [0.29, 0.717) is 5.92 Å². The van der Waals surface area contributed by atoms with Crippen molar-refractivity contribution in [3.8, 4) is 5.75 Å². The van der Waals surface area contributed by atoms with Gasteiger partial charge in [0.2, 0.25) is 0 Å². The average molecular weight is 264 g/mol. The van der Waals surface area contributed by atoms with Gasteiger partial charge < -0.3 is 14.7 Å². The van der Waals surface area contributed by atoms with E-state index in [2.05, 4.69) is 16.8 Å². The molecular formula is C15H24N2O2. The lowest BCUT2D eigenvalue weighted by molar-refractivity contribution is 0.109. The molecule has 0 aliphatic carbocycles. The maximum absolute atomic E-state index is 9.65. The molecule has 2 rings (SSSR count). The van der Waals surface area contributed by atoms with Gasteiger partial charge in [-0.1, -0.05) is 6.92 Å². The topological polar surface area (TPSA) is 45.6 Å². The number of aromatic nitrogens is 1. The van der Waals surface area contributed by atoms with Gasteiger partial charge in [0.05, 0.1) is 12.7 Å². The number of rotatable bonds is 5. The van der Waals surface area contributed by atoms with Crippen molar-refractivity contribution < 1.29 is 9.84 Å². The number of ether oxygens (including phenoxy) is 1. The van der Waals surface area contributed by atoms with Crippen LogP contribution < -0.4 is 9.64 Å². The molecule has 1 aliphatic rings. The average Bonchev–Trinajstić information content (AvgIpc) is 2.45. The lowest BCUT2D eigenvalue weighted by atomic mass is 9.92. The largest absolute Gasteiger partial charge is 0.490 e. The molecule has 1 aromatic rings. The molecule has 1 fully saturated rings. The third-order valence-corrected chi connectivity index (χ3v) is 3.73. The quantitative estimate of drug-likeness (QED) is 0.887. The van der Waals surface area contributed by atoms with E-state index in [1.165, 1.54) is 0 Å². The lowest BCUT2D eigenvalue weighted by Crippen LogP contribution is -2.37. The van der Waals surface area contributed by atoms with Crippen LogP contribution in [0.5, 0.6) is 5.75 Å². The predicted octanol–water partition coefficient (Wildman–Crippen LogP) is 2.47. The molecule has 0 amide bonds. The molecule has 1 N–H and O–H groups in total. The number of anilines is 1. The molecule has 1 aromatic heterocycles. The van der Waals surface area contributed by atoms with Gasteiger partial charge in [-0.3, -0.25) is 0 Å². The van der Waals surface area contributed by atoms with Crippen LogP contribution in [0.15, 0.2) is 18.3 Å². The number of aliphatic hydroxyl groups excluding tert-OH is 1. The Balaban J connectivity index is 2.02. The van der Waals surface area contributed by atoms with E-state index < -0.39 is 0 Å². The van der Waals surface area contributed by atoms with E-state index >= 15 is 0 Å². The molecule has 1 aliphatic heterocycles. The van der Waals surface area contributed by atoms with E-state index in [0.717, 1.165) is 50.5 Å². The summed E-state index contributed by atoms with van der Waals surface area (Å²) in [5, 5.41) is 9.65. The van der Waals surface area contributed by atoms with Crippen molar-refractivity contribution >= 4 is 5.82 Å². The molecule has 1 unspecified atom stereocenters. The molecule has 1 saturated heterocycles. The van der Waals surface area contributed by atoms with E-state index in [4.69, 9.17) is 4.74 Å². The first-order valence-electron chi connectivity index (χ1n) is 7.23. The Labute approximate surface area is 115 Å². The van der Waals surface area contributed by atoms with Crippen molar-refractivity contribution in [2.75, 3.05) is 24.6 Å². The summed E-state index contributed by atoms with van der Waals surface area (Å²) in [4.78, 5) is 6.73. The highest BCUT2D eigenvalue weighted by Crippen LogP contribution is 2.30. The minimum absolute atomic E-state index is 0.207. The summed E-state index contributed by atoms with van der Waals surface area (Å²) in [6.07, 6.45) is 4.64. The van der Waals surface area contributed by atoms with Crippen molar-refractivity contribution in [1.29, 1.82) is 0 Å². The molecule has 0 saturated carbocycles. The lowest BCUT2D eigenvalue weighted by Gasteiger charge is -2.34. The molecule has 2 heterocycles. The summed E-state index contributed by atoms with van der Waals surface area (Å²) >= 11 is 0. The Bertz CT molecular complexity index is 387. The smallest absolute Gasteiger partial charge is 0.171 e. The van der Waals surface area contributed by atoms with Gasteiger partial charge in [-0.2, -0.15) is 0 Å². The number of aliphatic hydroxyl groups is 1. The van der Waals surface area contributed by atoms with Gasteiger partial charge in [0.25, 0.3) is 0 Å². The van der Waals surface area contributed by atoms with Crippen molar-refractivity contribution in [2.24, 2.45) is 5.92 Å². The zero-order valence-corrected chi connectivity index (χ0v) is 11.9. The van der Waals surface area contributed by atoms with Crippen LogP contribution in [-0.4, -0.2) is 35.9 Å². The zero-order valence-electron chi connectivity index (χ0n) is 11.9. The summed E-state index contributed by atoms with van der Waals surface area (Å²) < 4.78 is 5.76. The second-order valence-corrected chi connectivity index (χ2v) is 5.24. The van der Waals surface area contributed by atoms with Crippen LogP contribution >= 0.6 is 0 Å². The van der Waals surface area contributed by atoms with Crippen molar-refractivity contribution in [3.05, 3.63) is 18.3 Å². The first-order valence-corrected chi connectivity index (χ1v) is 7.23. The standard InChI is InChI=1S/C15H24N2O2/c1-3-11-19-14-5-4-8-16-15(14)17-9-6-13(7-10-17)12(2)18/h4-5,8,12-13,18H,3,6-7,9-11H2,1-2H3. The van der Waals surface area contributed by atoms with Crippen LogP contribution in [-0.2, 0) is 0 Å². The Morgan fingerprint density at radius 2 is 2.21 bits per heavy atom.